The Morgan fingerprint density at radius 2 is 1.86 bits per heavy atom. The Balaban J connectivity index is 1.15. The van der Waals surface area contributed by atoms with Gasteiger partial charge in [0.25, 0.3) is 5.91 Å². The van der Waals surface area contributed by atoms with Gasteiger partial charge >= 0.3 is 0 Å². The molecular weight excluding hydrogens is 485 g/mol. The molecule has 1 aliphatic heterocycles. The fourth-order valence-electron chi connectivity index (χ4n) is 3.88. The van der Waals surface area contributed by atoms with Gasteiger partial charge in [-0.05, 0) is 66.9 Å². The lowest BCUT2D eigenvalue weighted by molar-refractivity contribution is 0.0952. The van der Waals surface area contributed by atoms with Crippen molar-refractivity contribution in [1.29, 1.82) is 0 Å². The first-order valence-corrected chi connectivity index (χ1v) is 12.1. The number of fused-ring (bicyclic) bond motifs is 1. The molecule has 0 atom stereocenters. The van der Waals surface area contributed by atoms with Crippen molar-refractivity contribution < 1.29 is 14.3 Å². The largest absolute Gasteiger partial charge is 0.493 e. The van der Waals surface area contributed by atoms with E-state index in [1.165, 1.54) is 0 Å². The number of amides is 1. The highest BCUT2D eigenvalue weighted by Crippen LogP contribution is 2.37. The maximum atomic E-state index is 12.5. The Hall–Kier alpha value is -3.48. The lowest BCUT2D eigenvalue weighted by atomic mass is 10.1. The minimum Gasteiger partial charge on any atom is -0.493 e. The molecule has 1 aromatic heterocycles. The van der Waals surface area contributed by atoms with Gasteiger partial charge in [0.15, 0.2) is 0 Å². The van der Waals surface area contributed by atoms with E-state index in [2.05, 4.69) is 10.4 Å². The molecule has 8 heteroatoms. The van der Waals surface area contributed by atoms with Gasteiger partial charge in [0, 0.05) is 35.0 Å². The summed E-state index contributed by atoms with van der Waals surface area (Å²) in [5.41, 5.74) is 3.48. The van der Waals surface area contributed by atoms with Gasteiger partial charge in [0.2, 0.25) is 0 Å². The van der Waals surface area contributed by atoms with E-state index in [-0.39, 0.29) is 5.91 Å². The molecule has 0 radical (unpaired) electrons. The summed E-state index contributed by atoms with van der Waals surface area (Å²) in [6.45, 7) is 1.70. The summed E-state index contributed by atoms with van der Waals surface area (Å²) in [5, 5.41) is 8.70. The molecule has 0 aliphatic carbocycles. The molecule has 3 aromatic carbocycles. The van der Waals surface area contributed by atoms with Crippen LogP contribution < -0.4 is 14.8 Å². The summed E-state index contributed by atoms with van der Waals surface area (Å²) in [5.74, 6) is 1.76. The van der Waals surface area contributed by atoms with Gasteiger partial charge in [0.1, 0.15) is 17.2 Å². The zero-order chi connectivity index (χ0) is 24.2. The molecule has 35 heavy (non-hydrogen) atoms. The van der Waals surface area contributed by atoms with Crippen molar-refractivity contribution in [3.63, 3.8) is 0 Å². The Kier molecular flexibility index (Phi) is 6.93. The second kappa shape index (κ2) is 10.4. The normalized spacial score (nSPS) is 12.5. The topological polar surface area (TPSA) is 65.4 Å². The monoisotopic (exact) mass is 507 g/mol. The first-order valence-electron chi connectivity index (χ1n) is 11.4. The van der Waals surface area contributed by atoms with Crippen LogP contribution >= 0.6 is 23.2 Å². The molecule has 0 saturated heterocycles. The standard InChI is InChI=1S/C27H23Cl2N3O3/c28-21-7-3-18(4-8-21)24-11-13-32(31-24)14-12-30-27(33)19-5-9-22(10-6-19)35-26-17-25-20(16-23(26)29)2-1-15-34-25/h3-11,13,16-17H,1-2,12,14-15H2,(H,30,33). The van der Waals surface area contributed by atoms with E-state index in [0.717, 1.165) is 35.4 Å². The number of nitrogens with zero attached hydrogens (tertiary/aromatic N) is 2. The van der Waals surface area contributed by atoms with E-state index in [1.54, 1.807) is 28.9 Å². The third-order valence-electron chi connectivity index (χ3n) is 5.71. The summed E-state index contributed by atoms with van der Waals surface area (Å²) in [6, 6.07) is 20.1. The second-order valence-electron chi connectivity index (χ2n) is 8.20. The summed E-state index contributed by atoms with van der Waals surface area (Å²) in [4.78, 5) is 12.5. The molecule has 6 nitrogen and oxygen atoms in total. The summed E-state index contributed by atoms with van der Waals surface area (Å²) >= 11 is 12.3. The van der Waals surface area contributed by atoms with Crippen LogP contribution in [0, 0.1) is 0 Å². The smallest absolute Gasteiger partial charge is 0.251 e. The number of nitrogens with one attached hydrogen (secondary N) is 1. The Bertz CT molecular complexity index is 1340. The number of rotatable bonds is 7. The fourth-order valence-corrected chi connectivity index (χ4v) is 4.23. The van der Waals surface area contributed by atoms with E-state index in [0.29, 0.717) is 46.8 Å². The Labute approximate surface area is 213 Å². The van der Waals surface area contributed by atoms with E-state index >= 15 is 0 Å². The lowest BCUT2D eigenvalue weighted by Crippen LogP contribution is -2.27. The Morgan fingerprint density at radius 3 is 2.66 bits per heavy atom. The summed E-state index contributed by atoms with van der Waals surface area (Å²) < 4.78 is 13.4. The number of aryl methyl sites for hydroxylation is 1. The molecule has 0 spiro atoms. The molecule has 4 aromatic rings. The van der Waals surface area contributed by atoms with Crippen LogP contribution in [0.15, 0.2) is 72.9 Å². The number of ether oxygens (including phenoxy) is 2. The summed E-state index contributed by atoms with van der Waals surface area (Å²) in [6.07, 6.45) is 3.82. The third kappa shape index (κ3) is 5.61. The number of carbonyl (C=O) groups excluding carboxylic acids is 1. The first-order chi connectivity index (χ1) is 17.0. The van der Waals surface area contributed by atoms with E-state index < -0.39 is 0 Å². The van der Waals surface area contributed by atoms with Crippen LogP contribution in [0.4, 0.5) is 0 Å². The number of halogens is 2. The predicted octanol–water partition coefficient (Wildman–Crippen LogP) is 6.40. The van der Waals surface area contributed by atoms with Gasteiger partial charge in [-0.2, -0.15) is 5.10 Å². The average molecular weight is 508 g/mol. The highest BCUT2D eigenvalue weighted by Gasteiger charge is 2.15. The number of hydrogen-bond donors (Lipinski definition) is 1. The molecule has 0 unspecified atom stereocenters. The molecule has 1 amide bonds. The zero-order valence-electron chi connectivity index (χ0n) is 18.8. The van der Waals surface area contributed by atoms with Crippen molar-refractivity contribution in [3.8, 4) is 28.5 Å². The van der Waals surface area contributed by atoms with Gasteiger partial charge in [0.05, 0.1) is 23.9 Å². The minimum absolute atomic E-state index is 0.165. The Morgan fingerprint density at radius 1 is 1.06 bits per heavy atom. The van der Waals surface area contributed by atoms with Crippen LogP contribution in [0.2, 0.25) is 10.0 Å². The number of hydrogen-bond acceptors (Lipinski definition) is 4. The quantitative estimate of drug-likeness (QED) is 0.314. The van der Waals surface area contributed by atoms with Crippen LogP contribution in [0.3, 0.4) is 0 Å². The highest BCUT2D eigenvalue weighted by atomic mass is 35.5. The molecule has 1 N–H and O–H groups in total. The van der Waals surface area contributed by atoms with Crippen LogP contribution in [0.5, 0.6) is 17.2 Å². The third-order valence-corrected chi connectivity index (χ3v) is 6.26. The molecule has 0 fully saturated rings. The zero-order valence-corrected chi connectivity index (χ0v) is 20.4. The maximum absolute atomic E-state index is 12.5. The maximum Gasteiger partial charge on any atom is 0.251 e. The number of carbonyl (C=O) groups is 1. The van der Waals surface area contributed by atoms with Crippen molar-refractivity contribution in [1.82, 2.24) is 15.1 Å². The SMILES string of the molecule is O=C(NCCn1ccc(-c2ccc(Cl)cc2)n1)c1ccc(Oc2cc3c(cc2Cl)CCCO3)cc1. The molecule has 5 rings (SSSR count). The highest BCUT2D eigenvalue weighted by molar-refractivity contribution is 6.32. The van der Waals surface area contributed by atoms with Gasteiger partial charge in [-0.3, -0.25) is 9.48 Å². The number of benzene rings is 3. The second-order valence-corrected chi connectivity index (χ2v) is 9.04. The van der Waals surface area contributed by atoms with Crippen molar-refractivity contribution in [2.75, 3.05) is 13.2 Å². The van der Waals surface area contributed by atoms with Crippen LogP contribution in [0.1, 0.15) is 22.3 Å². The van der Waals surface area contributed by atoms with Crippen LogP contribution in [0.25, 0.3) is 11.3 Å². The molecule has 0 saturated carbocycles. The van der Waals surface area contributed by atoms with Crippen molar-refractivity contribution >= 4 is 29.1 Å². The van der Waals surface area contributed by atoms with Crippen molar-refractivity contribution in [3.05, 3.63) is 94.1 Å². The van der Waals surface area contributed by atoms with Crippen molar-refractivity contribution in [2.24, 2.45) is 0 Å². The van der Waals surface area contributed by atoms with Crippen LogP contribution in [-0.4, -0.2) is 28.8 Å². The van der Waals surface area contributed by atoms with E-state index in [1.807, 2.05) is 48.7 Å². The van der Waals surface area contributed by atoms with E-state index in [4.69, 9.17) is 32.7 Å². The molecule has 1 aliphatic rings. The molecule has 178 valence electrons. The minimum atomic E-state index is -0.165. The molecular formula is C27H23Cl2N3O3. The molecule has 2 heterocycles. The van der Waals surface area contributed by atoms with Crippen LogP contribution in [-0.2, 0) is 13.0 Å². The number of aromatic nitrogens is 2. The van der Waals surface area contributed by atoms with Crippen molar-refractivity contribution in [2.45, 2.75) is 19.4 Å². The fraction of sp³-hybridized carbons (Fsp3) is 0.185. The van der Waals surface area contributed by atoms with E-state index in [9.17, 15) is 4.79 Å². The first kappa shape index (κ1) is 23.3. The van der Waals surface area contributed by atoms with Gasteiger partial charge in [-0.15, -0.1) is 0 Å². The van der Waals surface area contributed by atoms with Gasteiger partial charge in [-0.1, -0.05) is 35.3 Å². The molecule has 0 bridgehead atoms. The van der Waals surface area contributed by atoms with Gasteiger partial charge in [-0.25, -0.2) is 0 Å². The average Bonchev–Trinajstić information content (AvgIpc) is 3.34. The van der Waals surface area contributed by atoms with Gasteiger partial charge < -0.3 is 14.8 Å². The summed E-state index contributed by atoms with van der Waals surface area (Å²) in [7, 11) is 0. The lowest BCUT2D eigenvalue weighted by Gasteiger charge is -2.19. The predicted molar refractivity (Wildman–Crippen MR) is 137 cm³/mol.